The number of rotatable bonds is 7. The van der Waals surface area contributed by atoms with Crippen molar-refractivity contribution in [2.24, 2.45) is 0 Å². The van der Waals surface area contributed by atoms with Crippen molar-refractivity contribution in [1.29, 1.82) is 0 Å². The molecular formula is C22H20ClNO3. The lowest BCUT2D eigenvalue weighted by Crippen LogP contribution is -2.13. The van der Waals surface area contributed by atoms with Gasteiger partial charge >= 0.3 is 0 Å². The van der Waals surface area contributed by atoms with Crippen molar-refractivity contribution < 1.29 is 14.3 Å². The quantitative estimate of drug-likeness (QED) is 0.570. The molecular weight excluding hydrogens is 362 g/mol. The Morgan fingerprint density at radius 1 is 0.926 bits per heavy atom. The fraction of sp³-hybridized carbons (Fsp3) is 0.136. The Labute approximate surface area is 163 Å². The largest absolute Gasteiger partial charge is 0.497 e. The number of benzene rings is 3. The molecule has 0 bridgehead atoms. The fourth-order valence-electron chi connectivity index (χ4n) is 2.57. The summed E-state index contributed by atoms with van der Waals surface area (Å²) < 4.78 is 11.0. The first kappa shape index (κ1) is 18.8. The average Bonchev–Trinajstić information content (AvgIpc) is 2.70. The van der Waals surface area contributed by atoms with Crippen molar-refractivity contribution in [2.45, 2.75) is 12.8 Å². The zero-order valence-corrected chi connectivity index (χ0v) is 15.7. The number of hydrogen-bond acceptors (Lipinski definition) is 3. The summed E-state index contributed by atoms with van der Waals surface area (Å²) in [5.74, 6) is 1.80. The minimum atomic E-state index is -0.0824. The molecule has 4 nitrogen and oxygen atoms in total. The number of nitrogens with one attached hydrogen (secondary N) is 1. The summed E-state index contributed by atoms with van der Waals surface area (Å²) in [5.41, 5.74) is 1.68. The molecule has 3 aromatic carbocycles. The molecule has 0 saturated carbocycles. The van der Waals surface area contributed by atoms with Crippen molar-refractivity contribution in [3.05, 3.63) is 83.4 Å². The highest BCUT2D eigenvalue weighted by Crippen LogP contribution is 2.33. The van der Waals surface area contributed by atoms with E-state index in [1.807, 2.05) is 48.5 Å². The lowest BCUT2D eigenvalue weighted by molar-refractivity contribution is -0.116. The maximum atomic E-state index is 12.4. The van der Waals surface area contributed by atoms with Crippen LogP contribution in [0.4, 0.5) is 5.69 Å². The van der Waals surface area contributed by atoms with Crippen LogP contribution in [0.1, 0.15) is 12.0 Å². The summed E-state index contributed by atoms with van der Waals surface area (Å²) in [7, 11) is 1.63. The van der Waals surface area contributed by atoms with E-state index in [9.17, 15) is 4.79 Å². The van der Waals surface area contributed by atoms with E-state index in [0.29, 0.717) is 35.1 Å². The van der Waals surface area contributed by atoms with Gasteiger partial charge in [0.15, 0.2) is 5.75 Å². The van der Waals surface area contributed by atoms with Crippen molar-refractivity contribution in [2.75, 3.05) is 12.4 Å². The lowest BCUT2D eigenvalue weighted by atomic mass is 10.1. The van der Waals surface area contributed by atoms with Gasteiger partial charge in [-0.05, 0) is 48.4 Å². The third-order valence-corrected chi connectivity index (χ3v) is 4.33. The third kappa shape index (κ3) is 5.25. The van der Waals surface area contributed by atoms with Gasteiger partial charge in [0, 0.05) is 6.42 Å². The molecule has 0 spiro atoms. The van der Waals surface area contributed by atoms with Gasteiger partial charge in [0.2, 0.25) is 5.91 Å². The molecule has 27 heavy (non-hydrogen) atoms. The summed E-state index contributed by atoms with van der Waals surface area (Å²) in [6, 6.07) is 22.2. The predicted octanol–water partition coefficient (Wildman–Crippen LogP) is 5.71. The minimum absolute atomic E-state index is 0.0824. The summed E-state index contributed by atoms with van der Waals surface area (Å²) in [6.45, 7) is 0. The SMILES string of the molecule is COc1ccc(CCC(=O)Nc2ccccc2Oc2ccccc2Cl)cc1. The number of aryl methyl sites for hydroxylation is 1. The van der Waals surface area contributed by atoms with E-state index < -0.39 is 0 Å². The van der Waals surface area contributed by atoms with E-state index in [2.05, 4.69) is 5.32 Å². The lowest BCUT2D eigenvalue weighted by Gasteiger charge is -2.13. The van der Waals surface area contributed by atoms with Gasteiger partial charge in [-0.2, -0.15) is 0 Å². The van der Waals surface area contributed by atoms with Crippen molar-refractivity contribution >= 4 is 23.2 Å². The first-order valence-electron chi connectivity index (χ1n) is 8.60. The molecule has 3 rings (SSSR count). The number of para-hydroxylation sites is 3. The molecule has 0 radical (unpaired) electrons. The number of carbonyl (C=O) groups is 1. The zero-order valence-electron chi connectivity index (χ0n) is 14.9. The maximum absolute atomic E-state index is 12.4. The number of anilines is 1. The highest BCUT2D eigenvalue weighted by atomic mass is 35.5. The standard InChI is InChI=1S/C22H20ClNO3/c1-26-17-13-10-16(11-14-17)12-15-22(25)24-19-7-3-5-9-21(19)27-20-8-4-2-6-18(20)23/h2-11,13-14H,12,15H2,1H3,(H,24,25). The van der Waals surface area contributed by atoms with Crippen LogP contribution in [0.5, 0.6) is 17.2 Å². The number of amides is 1. The van der Waals surface area contributed by atoms with Crippen LogP contribution in [0.15, 0.2) is 72.8 Å². The van der Waals surface area contributed by atoms with E-state index in [-0.39, 0.29) is 5.91 Å². The van der Waals surface area contributed by atoms with Crippen LogP contribution < -0.4 is 14.8 Å². The first-order chi connectivity index (χ1) is 13.2. The second-order valence-electron chi connectivity index (χ2n) is 5.92. The Kier molecular flexibility index (Phi) is 6.34. The number of hydrogen-bond donors (Lipinski definition) is 1. The van der Waals surface area contributed by atoms with Crippen LogP contribution in [-0.2, 0) is 11.2 Å². The molecule has 0 heterocycles. The summed E-state index contributed by atoms with van der Waals surface area (Å²) in [6.07, 6.45) is 1.01. The summed E-state index contributed by atoms with van der Waals surface area (Å²) in [5, 5.41) is 3.42. The van der Waals surface area contributed by atoms with Crippen molar-refractivity contribution in [3.8, 4) is 17.2 Å². The molecule has 0 atom stereocenters. The first-order valence-corrected chi connectivity index (χ1v) is 8.97. The van der Waals surface area contributed by atoms with Gasteiger partial charge in [-0.25, -0.2) is 0 Å². The van der Waals surface area contributed by atoms with Crippen molar-refractivity contribution in [3.63, 3.8) is 0 Å². The number of methoxy groups -OCH3 is 1. The van der Waals surface area contributed by atoms with Gasteiger partial charge in [0.25, 0.3) is 0 Å². The highest BCUT2D eigenvalue weighted by molar-refractivity contribution is 6.32. The molecule has 0 fully saturated rings. The van der Waals surface area contributed by atoms with E-state index in [1.54, 1.807) is 31.4 Å². The number of carbonyl (C=O) groups excluding carboxylic acids is 1. The highest BCUT2D eigenvalue weighted by Gasteiger charge is 2.10. The van der Waals surface area contributed by atoms with E-state index >= 15 is 0 Å². The molecule has 0 aromatic heterocycles. The fourth-order valence-corrected chi connectivity index (χ4v) is 2.74. The van der Waals surface area contributed by atoms with Crippen LogP contribution in [0, 0.1) is 0 Å². The summed E-state index contributed by atoms with van der Waals surface area (Å²) >= 11 is 6.15. The van der Waals surface area contributed by atoms with Crippen LogP contribution in [0.3, 0.4) is 0 Å². The predicted molar refractivity (Wildman–Crippen MR) is 108 cm³/mol. The van der Waals surface area contributed by atoms with Gasteiger partial charge in [0.05, 0.1) is 17.8 Å². The second-order valence-corrected chi connectivity index (χ2v) is 6.33. The van der Waals surface area contributed by atoms with Crippen molar-refractivity contribution in [1.82, 2.24) is 0 Å². The van der Waals surface area contributed by atoms with Gasteiger partial charge < -0.3 is 14.8 Å². The van der Waals surface area contributed by atoms with E-state index in [0.717, 1.165) is 11.3 Å². The molecule has 0 aliphatic heterocycles. The van der Waals surface area contributed by atoms with E-state index in [1.165, 1.54) is 0 Å². The monoisotopic (exact) mass is 381 g/mol. The Hall–Kier alpha value is -2.98. The Balaban J connectivity index is 1.63. The molecule has 0 saturated heterocycles. The molecule has 1 N–H and O–H groups in total. The Bertz CT molecular complexity index is 909. The minimum Gasteiger partial charge on any atom is -0.497 e. The molecule has 5 heteroatoms. The van der Waals surface area contributed by atoms with Crippen LogP contribution in [-0.4, -0.2) is 13.0 Å². The number of ether oxygens (including phenoxy) is 2. The van der Waals surface area contributed by atoms with Crippen LogP contribution in [0.25, 0.3) is 0 Å². The third-order valence-electron chi connectivity index (χ3n) is 4.02. The van der Waals surface area contributed by atoms with Gasteiger partial charge in [-0.3, -0.25) is 4.79 Å². The molecule has 3 aromatic rings. The van der Waals surface area contributed by atoms with Gasteiger partial charge in [-0.15, -0.1) is 0 Å². The average molecular weight is 382 g/mol. The Morgan fingerprint density at radius 3 is 2.30 bits per heavy atom. The number of halogens is 1. The maximum Gasteiger partial charge on any atom is 0.224 e. The second kappa shape index (κ2) is 9.10. The van der Waals surface area contributed by atoms with Crippen LogP contribution >= 0.6 is 11.6 Å². The molecule has 0 aliphatic carbocycles. The smallest absolute Gasteiger partial charge is 0.224 e. The van der Waals surface area contributed by atoms with Gasteiger partial charge in [0.1, 0.15) is 11.5 Å². The zero-order chi connectivity index (χ0) is 19.1. The Morgan fingerprint density at radius 2 is 1.59 bits per heavy atom. The normalized spacial score (nSPS) is 10.3. The molecule has 1 amide bonds. The van der Waals surface area contributed by atoms with Gasteiger partial charge in [-0.1, -0.05) is 48.0 Å². The topological polar surface area (TPSA) is 47.6 Å². The summed E-state index contributed by atoms with van der Waals surface area (Å²) in [4.78, 5) is 12.4. The molecule has 138 valence electrons. The van der Waals surface area contributed by atoms with E-state index in [4.69, 9.17) is 21.1 Å². The molecule has 0 unspecified atom stereocenters. The molecule has 0 aliphatic rings. The van der Waals surface area contributed by atoms with Crippen LogP contribution in [0.2, 0.25) is 5.02 Å².